The Balaban J connectivity index is 1.48. The highest BCUT2D eigenvalue weighted by atomic mass is 19.1. The predicted molar refractivity (Wildman–Crippen MR) is 116 cm³/mol. The van der Waals surface area contributed by atoms with Crippen LogP contribution in [0.2, 0.25) is 0 Å². The lowest BCUT2D eigenvalue weighted by molar-refractivity contribution is 0.102. The van der Waals surface area contributed by atoms with Crippen LogP contribution in [0.25, 0.3) is 5.65 Å². The Morgan fingerprint density at radius 3 is 2.94 bits per heavy atom. The van der Waals surface area contributed by atoms with E-state index in [1.165, 1.54) is 12.3 Å². The molecule has 0 bridgehead atoms. The lowest BCUT2D eigenvalue weighted by Gasteiger charge is -2.26. The van der Waals surface area contributed by atoms with Gasteiger partial charge in [-0.1, -0.05) is 6.07 Å². The number of hydrogen-bond acceptors (Lipinski definition) is 5. The second-order valence-electron chi connectivity index (χ2n) is 7.75. The van der Waals surface area contributed by atoms with Crippen LogP contribution in [-0.4, -0.2) is 32.0 Å². The van der Waals surface area contributed by atoms with Crippen molar-refractivity contribution in [2.75, 3.05) is 16.8 Å². The van der Waals surface area contributed by atoms with Crippen molar-refractivity contribution < 1.29 is 13.6 Å². The summed E-state index contributed by atoms with van der Waals surface area (Å²) in [5.41, 5.74) is 2.29. The van der Waals surface area contributed by atoms with Crippen molar-refractivity contribution in [2.24, 2.45) is 0 Å². The SMILES string of the molecule is Cc1cccnc1C(=O)Nc1cnn2ccc(N3CCCC3c3cc(F)ccc3F)nc12. The summed E-state index contributed by atoms with van der Waals surface area (Å²) >= 11 is 0. The Hall–Kier alpha value is -3.88. The van der Waals surface area contributed by atoms with Gasteiger partial charge >= 0.3 is 0 Å². The summed E-state index contributed by atoms with van der Waals surface area (Å²) in [5.74, 6) is -0.658. The number of hydrogen-bond donors (Lipinski definition) is 1. The van der Waals surface area contributed by atoms with E-state index < -0.39 is 11.6 Å². The number of amides is 1. The van der Waals surface area contributed by atoms with Crippen LogP contribution in [0.1, 0.15) is 40.5 Å². The molecule has 4 aromatic rings. The molecule has 0 spiro atoms. The van der Waals surface area contributed by atoms with Crippen LogP contribution in [0.15, 0.2) is 55.0 Å². The largest absolute Gasteiger partial charge is 0.349 e. The number of carbonyl (C=O) groups excluding carboxylic acids is 1. The van der Waals surface area contributed by atoms with E-state index in [4.69, 9.17) is 0 Å². The van der Waals surface area contributed by atoms with Crippen molar-refractivity contribution in [3.8, 4) is 0 Å². The Kier molecular flexibility index (Phi) is 5.01. The molecule has 7 nitrogen and oxygen atoms in total. The first-order valence-corrected chi connectivity index (χ1v) is 10.3. The van der Waals surface area contributed by atoms with Crippen LogP contribution in [-0.2, 0) is 0 Å². The van der Waals surface area contributed by atoms with Gasteiger partial charge in [-0.15, -0.1) is 0 Å². The van der Waals surface area contributed by atoms with E-state index in [-0.39, 0.29) is 11.9 Å². The zero-order valence-electron chi connectivity index (χ0n) is 17.3. The van der Waals surface area contributed by atoms with Gasteiger partial charge in [0, 0.05) is 24.5 Å². The third-order valence-electron chi connectivity index (χ3n) is 5.69. The minimum Gasteiger partial charge on any atom is -0.349 e. The summed E-state index contributed by atoms with van der Waals surface area (Å²) < 4.78 is 29.8. The smallest absolute Gasteiger partial charge is 0.274 e. The fraction of sp³-hybridized carbons (Fsp3) is 0.217. The molecule has 1 saturated heterocycles. The highest BCUT2D eigenvalue weighted by Gasteiger charge is 2.30. The van der Waals surface area contributed by atoms with Gasteiger partial charge in [-0.25, -0.2) is 18.3 Å². The molecule has 0 aliphatic carbocycles. The molecule has 4 heterocycles. The monoisotopic (exact) mass is 434 g/mol. The molecular formula is C23H20F2N6O. The van der Waals surface area contributed by atoms with Crippen LogP contribution in [0.4, 0.5) is 20.3 Å². The van der Waals surface area contributed by atoms with Gasteiger partial charge in [0.25, 0.3) is 5.91 Å². The summed E-state index contributed by atoms with van der Waals surface area (Å²) in [6.45, 7) is 2.47. The topological polar surface area (TPSA) is 75.4 Å². The van der Waals surface area contributed by atoms with E-state index in [0.29, 0.717) is 41.4 Å². The number of benzene rings is 1. The summed E-state index contributed by atoms with van der Waals surface area (Å²) in [5, 5.41) is 7.07. The molecule has 1 aliphatic heterocycles. The molecule has 1 atom stereocenters. The van der Waals surface area contributed by atoms with E-state index in [2.05, 4.69) is 20.4 Å². The first-order valence-electron chi connectivity index (χ1n) is 10.3. The maximum Gasteiger partial charge on any atom is 0.274 e. The number of halogens is 2. The molecule has 0 saturated carbocycles. The minimum atomic E-state index is -0.470. The van der Waals surface area contributed by atoms with Crippen LogP contribution in [0.5, 0.6) is 0 Å². The van der Waals surface area contributed by atoms with Gasteiger partial charge in [0.15, 0.2) is 5.65 Å². The molecule has 0 radical (unpaired) electrons. The fourth-order valence-corrected chi connectivity index (χ4v) is 4.15. The number of aryl methyl sites for hydroxylation is 1. The number of fused-ring (bicyclic) bond motifs is 1. The summed E-state index contributed by atoms with van der Waals surface area (Å²) in [6.07, 6.45) is 6.34. The third kappa shape index (κ3) is 3.55. The molecule has 1 aliphatic rings. The number of aromatic nitrogens is 4. The Labute approximate surface area is 182 Å². The molecule has 162 valence electrons. The van der Waals surface area contributed by atoms with E-state index in [1.54, 1.807) is 29.0 Å². The van der Waals surface area contributed by atoms with E-state index in [1.807, 2.05) is 17.9 Å². The summed E-state index contributed by atoms with van der Waals surface area (Å²) in [7, 11) is 0. The van der Waals surface area contributed by atoms with Crippen LogP contribution in [0.3, 0.4) is 0 Å². The number of nitrogens with zero attached hydrogens (tertiary/aromatic N) is 5. The fourth-order valence-electron chi connectivity index (χ4n) is 4.15. The molecular weight excluding hydrogens is 414 g/mol. The van der Waals surface area contributed by atoms with Crippen molar-refractivity contribution in [1.29, 1.82) is 0 Å². The van der Waals surface area contributed by atoms with Gasteiger partial charge in [0.2, 0.25) is 0 Å². The van der Waals surface area contributed by atoms with Crippen LogP contribution < -0.4 is 10.2 Å². The number of nitrogens with one attached hydrogen (secondary N) is 1. The zero-order chi connectivity index (χ0) is 22.2. The minimum absolute atomic E-state index is 0.317. The average Bonchev–Trinajstić information content (AvgIpc) is 3.43. The Morgan fingerprint density at radius 1 is 1.22 bits per heavy atom. The highest BCUT2D eigenvalue weighted by molar-refractivity contribution is 6.05. The Bertz CT molecular complexity index is 1320. The molecule has 3 aromatic heterocycles. The first kappa shape index (κ1) is 20.0. The molecule has 1 amide bonds. The summed E-state index contributed by atoms with van der Waals surface area (Å²) in [6, 6.07) is 8.56. The second kappa shape index (κ2) is 7.99. The quantitative estimate of drug-likeness (QED) is 0.518. The molecule has 9 heteroatoms. The van der Waals surface area contributed by atoms with Crippen LogP contribution >= 0.6 is 0 Å². The van der Waals surface area contributed by atoms with Crippen molar-refractivity contribution in [2.45, 2.75) is 25.8 Å². The normalized spacial score (nSPS) is 16.0. The van der Waals surface area contributed by atoms with Crippen molar-refractivity contribution >= 4 is 23.1 Å². The maximum absolute atomic E-state index is 14.4. The van der Waals surface area contributed by atoms with Crippen molar-refractivity contribution in [3.63, 3.8) is 0 Å². The molecule has 32 heavy (non-hydrogen) atoms. The van der Waals surface area contributed by atoms with Crippen molar-refractivity contribution in [3.05, 3.63) is 83.4 Å². The standard InChI is InChI=1S/C23H20F2N6O/c1-14-4-2-9-26-21(14)23(32)28-18-13-27-31-11-8-20(29-22(18)31)30-10-3-5-19(30)16-12-15(24)6-7-17(16)25/h2,4,6-9,11-13,19H,3,5,10H2,1H3,(H,28,32). The van der Waals surface area contributed by atoms with Crippen molar-refractivity contribution in [1.82, 2.24) is 19.6 Å². The van der Waals surface area contributed by atoms with Gasteiger partial charge in [-0.2, -0.15) is 5.10 Å². The zero-order valence-corrected chi connectivity index (χ0v) is 17.3. The lowest BCUT2D eigenvalue weighted by Crippen LogP contribution is -2.24. The van der Waals surface area contributed by atoms with Gasteiger partial charge in [0.05, 0.1) is 12.2 Å². The van der Waals surface area contributed by atoms with Gasteiger partial charge in [-0.3, -0.25) is 9.78 Å². The summed E-state index contributed by atoms with van der Waals surface area (Å²) in [4.78, 5) is 23.5. The molecule has 1 N–H and O–H groups in total. The van der Waals surface area contributed by atoms with E-state index >= 15 is 0 Å². The molecule has 5 rings (SSSR count). The maximum atomic E-state index is 14.4. The number of rotatable bonds is 4. The van der Waals surface area contributed by atoms with E-state index in [9.17, 15) is 13.6 Å². The molecule has 1 fully saturated rings. The third-order valence-corrected chi connectivity index (χ3v) is 5.69. The van der Waals surface area contributed by atoms with Gasteiger partial charge in [-0.05, 0) is 55.7 Å². The predicted octanol–water partition coefficient (Wildman–Crippen LogP) is 4.30. The molecule has 1 unspecified atom stereocenters. The number of pyridine rings is 1. The van der Waals surface area contributed by atoms with E-state index in [0.717, 1.165) is 24.1 Å². The average molecular weight is 434 g/mol. The number of carbonyl (C=O) groups is 1. The second-order valence-corrected chi connectivity index (χ2v) is 7.75. The van der Waals surface area contributed by atoms with Crippen LogP contribution in [0, 0.1) is 18.6 Å². The first-order chi connectivity index (χ1) is 15.5. The molecule has 1 aromatic carbocycles. The van der Waals surface area contributed by atoms with Gasteiger partial charge in [0.1, 0.15) is 28.8 Å². The number of anilines is 2. The Morgan fingerprint density at radius 2 is 2.09 bits per heavy atom. The lowest BCUT2D eigenvalue weighted by atomic mass is 10.0. The van der Waals surface area contributed by atoms with Gasteiger partial charge < -0.3 is 10.2 Å². The highest BCUT2D eigenvalue weighted by Crippen LogP contribution is 2.37.